The Balaban J connectivity index is 1.69. The van der Waals surface area contributed by atoms with Crippen LogP contribution in [0, 0.1) is 12.8 Å². The molecule has 1 aliphatic heterocycles. The molecule has 1 aliphatic rings. The van der Waals surface area contributed by atoms with Crippen molar-refractivity contribution in [1.29, 1.82) is 0 Å². The number of carbonyl (C=O) groups is 2. The largest absolute Gasteiger partial charge is 0.312 e. The Morgan fingerprint density at radius 3 is 2.70 bits per heavy atom. The zero-order valence-electron chi connectivity index (χ0n) is 12.6. The van der Waals surface area contributed by atoms with Crippen LogP contribution < -0.4 is 10.2 Å². The molecular weight excluding hydrogens is 314 g/mol. The number of hydrogen-bond acceptors (Lipinski definition) is 3. The first kappa shape index (κ1) is 15.5. The minimum absolute atomic E-state index is 0.0651. The summed E-state index contributed by atoms with van der Waals surface area (Å²) in [5.41, 5.74) is 1.58. The molecule has 2 heterocycles. The van der Waals surface area contributed by atoms with Gasteiger partial charge in [0.15, 0.2) is 0 Å². The minimum atomic E-state index is -0.388. The van der Waals surface area contributed by atoms with Crippen LogP contribution in [0.15, 0.2) is 42.5 Å². The van der Waals surface area contributed by atoms with Crippen molar-refractivity contribution >= 4 is 34.9 Å². The molecule has 2 amide bonds. The lowest BCUT2D eigenvalue weighted by molar-refractivity contribution is -0.122. The summed E-state index contributed by atoms with van der Waals surface area (Å²) in [4.78, 5) is 30.4. The molecule has 6 heteroatoms. The van der Waals surface area contributed by atoms with Gasteiger partial charge in [-0.1, -0.05) is 17.7 Å². The number of rotatable bonds is 3. The van der Waals surface area contributed by atoms with Gasteiger partial charge >= 0.3 is 0 Å². The van der Waals surface area contributed by atoms with Gasteiger partial charge in [0.25, 0.3) is 0 Å². The van der Waals surface area contributed by atoms with E-state index < -0.39 is 0 Å². The number of aromatic nitrogens is 1. The van der Waals surface area contributed by atoms with Gasteiger partial charge in [-0.25, -0.2) is 4.98 Å². The maximum Gasteiger partial charge on any atom is 0.230 e. The van der Waals surface area contributed by atoms with E-state index >= 15 is 0 Å². The number of aryl methyl sites for hydroxylation is 1. The number of halogens is 1. The van der Waals surface area contributed by atoms with Crippen LogP contribution in [-0.2, 0) is 9.59 Å². The molecule has 0 bridgehead atoms. The fourth-order valence-electron chi connectivity index (χ4n) is 2.59. The first-order valence-corrected chi connectivity index (χ1v) is 7.71. The monoisotopic (exact) mass is 329 g/mol. The number of anilines is 2. The van der Waals surface area contributed by atoms with Gasteiger partial charge in [0.1, 0.15) is 5.82 Å². The predicted molar refractivity (Wildman–Crippen MR) is 89.5 cm³/mol. The van der Waals surface area contributed by atoms with Crippen molar-refractivity contribution in [2.75, 3.05) is 16.8 Å². The number of carbonyl (C=O) groups excluding carboxylic acids is 2. The van der Waals surface area contributed by atoms with Gasteiger partial charge in [0.2, 0.25) is 11.8 Å². The van der Waals surface area contributed by atoms with Crippen LogP contribution in [0.2, 0.25) is 5.02 Å². The number of benzene rings is 1. The van der Waals surface area contributed by atoms with Gasteiger partial charge in [0.05, 0.1) is 5.92 Å². The third-order valence-corrected chi connectivity index (χ3v) is 4.03. The standard InChI is InChI=1S/C17H16ClN3O2/c1-11-3-2-4-15(19-11)20-17(23)12-9-16(22)21(10-12)14-7-5-13(18)6-8-14/h2-8,12H,9-10H2,1H3,(H,19,20,23)/t12-/m1/s1. The van der Waals surface area contributed by atoms with E-state index in [-0.39, 0.29) is 24.2 Å². The molecule has 1 N–H and O–H groups in total. The number of hydrogen-bond donors (Lipinski definition) is 1. The van der Waals surface area contributed by atoms with Gasteiger partial charge in [-0.05, 0) is 43.3 Å². The molecule has 118 valence electrons. The summed E-state index contributed by atoms with van der Waals surface area (Å²) < 4.78 is 0. The second kappa shape index (κ2) is 6.38. The second-order valence-corrected chi connectivity index (χ2v) is 5.97. The summed E-state index contributed by atoms with van der Waals surface area (Å²) in [6, 6.07) is 12.4. The first-order chi connectivity index (χ1) is 11.0. The number of pyridine rings is 1. The molecule has 1 atom stereocenters. The second-order valence-electron chi connectivity index (χ2n) is 5.54. The van der Waals surface area contributed by atoms with Gasteiger partial charge in [-0.3, -0.25) is 9.59 Å². The van der Waals surface area contributed by atoms with E-state index in [4.69, 9.17) is 11.6 Å². The maximum atomic E-state index is 12.4. The van der Waals surface area contributed by atoms with Crippen LogP contribution in [0.4, 0.5) is 11.5 Å². The molecule has 23 heavy (non-hydrogen) atoms. The molecule has 0 saturated carbocycles. The van der Waals surface area contributed by atoms with Crippen molar-refractivity contribution in [3.63, 3.8) is 0 Å². The minimum Gasteiger partial charge on any atom is -0.312 e. The Morgan fingerprint density at radius 1 is 1.26 bits per heavy atom. The highest BCUT2D eigenvalue weighted by molar-refractivity contribution is 6.30. The van der Waals surface area contributed by atoms with E-state index in [1.54, 1.807) is 35.2 Å². The molecule has 0 aliphatic carbocycles. The molecule has 0 unspecified atom stereocenters. The molecule has 1 fully saturated rings. The average Bonchev–Trinajstić information content (AvgIpc) is 2.90. The summed E-state index contributed by atoms with van der Waals surface area (Å²) in [6.07, 6.45) is 0.195. The van der Waals surface area contributed by atoms with E-state index in [0.717, 1.165) is 11.4 Å². The Kier molecular flexibility index (Phi) is 4.30. The Morgan fingerprint density at radius 2 is 2.00 bits per heavy atom. The van der Waals surface area contributed by atoms with Crippen molar-refractivity contribution in [3.05, 3.63) is 53.2 Å². The van der Waals surface area contributed by atoms with Crippen LogP contribution in [0.1, 0.15) is 12.1 Å². The van der Waals surface area contributed by atoms with Crippen molar-refractivity contribution < 1.29 is 9.59 Å². The third-order valence-electron chi connectivity index (χ3n) is 3.77. The van der Waals surface area contributed by atoms with Crippen molar-refractivity contribution in [3.8, 4) is 0 Å². The highest BCUT2D eigenvalue weighted by Gasteiger charge is 2.35. The summed E-state index contributed by atoms with van der Waals surface area (Å²) >= 11 is 5.86. The molecular formula is C17H16ClN3O2. The number of nitrogens with zero attached hydrogens (tertiary/aromatic N) is 2. The van der Waals surface area contributed by atoms with Crippen LogP contribution in [0.25, 0.3) is 0 Å². The summed E-state index contributed by atoms with van der Waals surface area (Å²) in [5, 5.41) is 3.39. The Bertz CT molecular complexity index is 746. The molecule has 3 rings (SSSR count). The van der Waals surface area contributed by atoms with E-state index in [1.165, 1.54) is 0 Å². The van der Waals surface area contributed by atoms with Crippen LogP contribution >= 0.6 is 11.6 Å². The first-order valence-electron chi connectivity index (χ1n) is 7.33. The van der Waals surface area contributed by atoms with Crippen molar-refractivity contribution in [2.24, 2.45) is 5.92 Å². The molecule has 1 aromatic carbocycles. The van der Waals surface area contributed by atoms with E-state index in [9.17, 15) is 9.59 Å². The summed E-state index contributed by atoms with van der Waals surface area (Å²) in [5.74, 6) is -0.134. The van der Waals surface area contributed by atoms with Gasteiger partial charge < -0.3 is 10.2 Å². The van der Waals surface area contributed by atoms with Crippen LogP contribution in [0.5, 0.6) is 0 Å². The lowest BCUT2D eigenvalue weighted by atomic mass is 10.1. The Hall–Kier alpha value is -2.40. The predicted octanol–water partition coefficient (Wildman–Crippen LogP) is 3.04. The molecule has 2 aromatic rings. The quantitative estimate of drug-likeness (QED) is 0.941. The lowest BCUT2D eigenvalue weighted by Crippen LogP contribution is -2.28. The van der Waals surface area contributed by atoms with Crippen molar-refractivity contribution in [1.82, 2.24) is 4.98 Å². The van der Waals surface area contributed by atoms with Gasteiger partial charge in [-0.15, -0.1) is 0 Å². The topological polar surface area (TPSA) is 62.3 Å². The molecule has 0 radical (unpaired) electrons. The highest BCUT2D eigenvalue weighted by atomic mass is 35.5. The van der Waals surface area contributed by atoms with Gasteiger partial charge in [-0.2, -0.15) is 0 Å². The van der Waals surface area contributed by atoms with Crippen molar-refractivity contribution in [2.45, 2.75) is 13.3 Å². The average molecular weight is 330 g/mol. The smallest absolute Gasteiger partial charge is 0.230 e. The van der Waals surface area contributed by atoms with E-state index in [2.05, 4.69) is 10.3 Å². The fraction of sp³-hybridized carbons (Fsp3) is 0.235. The normalized spacial score (nSPS) is 17.4. The fourth-order valence-corrected chi connectivity index (χ4v) is 2.72. The summed E-state index contributed by atoms with van der Waals surface area (Å²) in [7, 11) is 0. The maximum absolute atomic E-state index is 12.4. The molecule has 0 spiro atoms. The zero-order valence-corrected chi connectivity index (χ0v) is 13.4. The third kappa shape index (κ3) is 3.51. The van der Waals surface area contributed by atoms with E-state index in [0.29, 0.717) is 17.4 Å². The molecule has 1 aromatic heterocycles. The SMILES string of the molecule is Cc1cccc(NC(=O)[C@@H]2CC(=O)N(c3ccc(Cl)cc3)C2)n1. The van der Waals surface area contributed by atoms with Crippen LogP contribution in [0.3, 0.4) is 0 Å². The molecule has 1 saturated heterocycles. The number of amides is 2. The van der Waals surface area contributed by atoms with Crippen LogP contribution in [-0.4, -0.2) is 23.3 Å². The lowest BCUT2D eigenvalue weighted by Gasteiger charge is -2.16. The van der Waals surface area contributed by atoms with Gasteiger partial charge in [0, 0.05) is 29.4 Å². The molecule has 5 nitrogen and oxygen atoms in total. The highest BCUT2D eigenvalue weighted by Crippen LogP contribution is 2.27. The Labute approximate surface area is 139 Å². The summed E-state index contributed by atoms with van der Waals surface area (Å²) in [6.45, 7) is 2.22. The number of nitrogens with one attached hydrogen (secondary N) is 1. The van der Waals surface area contributed by atoms with E-state index in [1.807, 2.05) is 19.1 Å². The zero-order chi connectivity index (χ0) is 16.4.